The maximum Gasteiger partial charge on any atom is 0.472 e. The maximum absolute atomic E-state index is 13.1. The summed E-state index contributed by atoms with van der Waals surface area (Å²) in [5.41, 5.74) is 0. The first kappa shape index (κ1) is 118. The van der Waals surface area contributed by atoms with Crippen LogP contribution in [0.1, 0.15) is 445 Å². The van der Waals surface area contributed by atoms with Crippen LogP contribution < -0.4 is 0 Å². The lowest BCUT2D eigenvalue weighted by molar-refractivity contribution is -0.161. The largest absolute Gasteiger partial charge is 0.472 e. The van der Waals surface area contributed by atoms with Crippen molar-refractivity contribution in [3.63, 3.8) is 0 Å². The van der Waals surface area contributed by atoms with Gasteiger partial charge in [0.25, 0.3) is 0 Å². The molecule has 123 heavy (non-hydrogen) atoms. The van der Waals surface area contributed by atoms with Gasteiger partial charge in [-0.25, -0.2) is 9.13 Å². The second kappa shape index (κ2) is 96.5. The number of hydrogen-bond acceptors (Lipinski definition) is 14. The summed E-state index contributed by atoms with van der Waals surface area (Å²) in [6.07, 6.45) is 123. The van der Waals surface area contributed by atoms with Gasteiger partial charge in [0.2, 0.25) is 0 Å². The van der Waals surface area contributed by atoms with Gasteiger partial charge < -0.3 is 34.2 Å². The number of phosphoric acid groups is 2. The molecule has 0 spiro atoms. The Labute approximate surface area is 753 Å². The Bertz CT molecular complexity index is 2820. The van der Waals surface area contributed by atoms with Crippen molar-refractivity contribution in [2.75, 3.05) is 39.6 Å². The fraction of sp³-hybridized carbons (Fsp3) is 0.743. The van der Waals surface area contributed by atoms with Gasteiger partial charge in [0.15, 0.2) is 6.10 Å². The number of carbonyl (C=O) groups excluding carboxylic acids is 3. The van der Waals surface area contributed by atoms with Crippen LogP contribution in [0, 0.1) is 0 Å². The average Bonchev–Trinajstić information content (AvgIpc) is 0.898. The van der Waals surface area contributed by atoms with Crippen LogP contribution in [0.4, 0.5) is 0 Å². The van der Waals surface area contributed by atoms with Crippen molar-refractivity contribution >= 4 is 33.6 Å². The molecule has 5 atom stereocenters. The lowest BCUT2D eigenvalue weighted by Crippen LogP contribution is -2.30. The molecule has 710 valence electrons. The predicted molar refractivity (Wildman–Crippen MR) is 519 cm³/mol. The molecule has 0 heterocycles. The highest BCUT2D eigenvalue weighted by Crippen LogP contribution is 2.45. The Hall–Kier alpha value is -4.57. The van der Waals surface area contributed by atoms with E-state index in [4.69, 9.17) is 32.3 Å². The molecular formula is C105H184O16P2. The summed E-state index contributed by atoms with van der Waals surface area (Å²) in [5.74, 6) is -1.58. The molecule has 0 amide bonds. The Morgan fingerprint density at radius 3 is 0.642 bits per heavy atom. The Balaban J connectivity index is 4.52. The van der Waals surface area contributed by atoms with Crippen LogP contribution in [-0.4, -0.2) is 95.9 Å². The number of ether oxygens (including phenoxy) is 3. The van der Waals surface area contributed by atoms with Gasteiger partial charge in [-0.05, 0) is 154 Å². The smallest absolute Gasteiger partial charge is 0.463 e. The van der Waals surface area contributed by atoms with E-state index < -0.39 is 91.5 Å². The number of hydrogen-bond donors (Lipinski definition) is 4. The van der Waals surface area contributed by atoms with Crippen molar-refractivity contribution in [1.29, 1.82) is 0 Å². The third kappa shape index (κ3) is 97.9. The lowest BCUT2D eigenvalue weighted by Gasteiger charge is -2.21. The zero-order chi connectivity index (χ0) is 89.3. The molecule has 0 aromatic rings. The Kier molecular flexibility index (Phi) is 92.9. The van der Waals surface area contributed by atoms with E-state index in [2.05, 4.69) is 167 Å². The van der Waals surface area contributed by atoms with Crippen LogP contribution in [-0.2, 0) is 55.8 Å². The maximum atomic E-state index is 13.1. The van der Waals surface area contributed by atoms with Crippen molar-refractivity contribution in [1.82, 2.24) is 0 Å². The summed E-state index contributed by atoms with van der Waals surface area (Å²) in [6, 6.07) is 0. The van der Waals surface area contributed by atoms with Gasteiger partial charge in [-0.15, -0.1) is 0 Å². The first-order valence-electron chi connectivity index (χ1n) is 50.1. The Morgan fingerprint density at radius 2 is 0.407 bits per heavy atom. The molecule has 4 N–H and O–H groups in total. The number of aliphatic hydroxyl groups excluding tert-OH is 2. The Morgan fingerprint density at radius 1 is 0.228 bits per heavy atom. The summed E-state index contributed by atoms with van der Waals surface area (Å²) in [7, 11) is -9.82. The van der Waals surface area contributed by atoms with Gasteiger partial charge in [0.1, 0.15) is 25.4 Å². The molecule has 0 fully saturated rings. The molecule has 16 nitrogen and oxygen atoms in total. The van der Waals surface area contributed by atoms with E-state index in [1.165, 1.54) is 250 Å². The van der Waals surface area contributed by atoms with E-state index in [9.17, 15) is 43.5 Å². The minimum absolute atomic E-state index is 0.0822. The minimum Gasteiger partial charge on any atom is -0.463 e. The second-order valence-electron chi connectivity index (χ2n) is 33.6. The fourth-order valence-electron chi connectivity index (χ4n) is 13.9. The SMILES string of the molecule is CCCCC/C=C\C/C=C\C/C=C\C/C=C\CCCCCCCCCCCCCCCCCCCCCC(=O)OCC(O)COP(=O)(O)OCC(O)COP(=O)(O)OCC(COC(=O)CCCCCCCCCCCCCCCCC/C=C\C/C=C\C/C=C\C/C=C\CCCCC)OC(=O)CCCCCCC/C=C\C/C=C\C/C=C\C/C=C\CCCCC. The molecule has 0 aliphatic rings. The van der Waals surface area contributed by atoms with Crippen LogP contribution in [0.25, 0.3) is 0 Å². The van der Waals surface area contributed by atoms with Crippen molar-refractivity contribution < 1.29 is 75.8 Å². The monoisotopic (exact) mass is 1760 g/mol. The van der Waals surface area contributed by atoms with Crippen molar-refractivity contribution in [2.24, 2.45) is 0 Å². The van der Waals surface area contributed by atoms with E-state index in [1.807, 2.05) is 0 Å². The molecule has 0 aliphatic carbocycles. The van der Waals surface area contributed by atoms with Crippen LogP contribution >= 0.6 is 15.6 Å². The van der Waals surface area contributed by atoms with E-state index in [0.717, 1.165) is 135 Å². The molecule has 0 aromatic carbocycles. The van der Waals surface area contributed by atoms with Gasteiger partial charge >= 0.3 is 33.6 Å². The lowest BCUT2D eigenvalue weighted by atomic mass is 10.0. The van der Waals surface area contributed by atoms with Crippen molar-refractivity contribution in [3.05, 3.63) is 146 Å². The van der Waals surface area contributed by atoms with Crippen LogP contribution in [0.15, 0.2) is 146 Å². The zero-order valence-electron chi connectivity index (χ0n) is 78.6. The molecule has 0 aliphatic heterocycles. The molecule has 0 bridgehead atoms. The number of aliphatic hydroxyl groups is 2. The van der Waals surface area contributed by atoms with Gasteiger partial charge in [-0.2, -0.15) is 0 Å². The van der Waals surface area contributed by atoms with E-state index in [1.54, 1.807) is 0 Å². The third-order valence-electron chi connectivity index (χ3n) is 21.5. The number of unbranched alkanes of at least 4 members (excludes halogenated alkanes) is 48. The fourth-order valence-corrected chi connectivity index (χ4v) is 15.5. The molecule has 0 saturated carbocycles. The minimum atomic E-state index is -4.95. The zero-order valence-corrected chi connectivity index (χ0v) is 80.4. The van der Waals surface area contributed by atoms with Crippen LogP contribution in [0.5, 0.6) is 0 Å². The summed E-state index contributed by atoms with van der Waals surface area (Å²) >= 11 is 0. The summed E-state index contributed by atoms with van der Waals surface area (Å²) in [6.45, 7) is 2.65. The molecule has 0 rings (SSSR count). The second-order valence-corrected chi connectivity index (χ2v) is 36.5. The molecule has 0 saturated heterocycles. The van der Waals surface area contributed by atoms with Gasteiger partial charge in [0, 0.05) is 19.3 Å². The first-order chi connectivity index (χ1) is 60.2. The highest BCUT2D eigenvalue weighted by atomic mass is 31.2. The first-order valence-corrected chi connectivity index (χ1v) is 53.1. The van der Waals surface area contributed by atoms with Crippen LogP contribution in [0.3, 0.4) is 0 Å². The summed E-state index contributed by atoms with van der Waals surface area (Å²) < 4.78 is 61.6. The average molecular weight is 1760 g/mol. The molecule has 0 radical (unpaired) electrons. The standard InChI is InChI=1S/C105H184O16P2/c1-4-7-10-13-16-19-22-25-28-31-34-37-39-41-43-45-47-48-49-50-52-54-55-57-59-62-64-67-70-73-76-79-82-85-88-91-103(108)115-94-100(106)95-117-122(111,112)118-96-101(107)97-119-123(113,114)120-99-102(121-105(110)93-90-87-84-81-78-75-72-69-66-61-36-33-30-27-24-21-18-15-12-9-6-3)98-116-104(109)92-89-86-83-80-77-74-71-68-65-63-60-58-56-53-51-46-44-42-40-38-35-32-29-26-23-20-17-14-11-8-5-2/h16-21,25-30,34-38,41-44,61,69,72,100-102,106-107H,4-15,22-24,31-33,39-40,45-60,62-68,70-71,73-99H2,1-3H3,(H,111,112)(H,113,114)/b19-16-,20-17-,21-18-,28-25-,29-26-,30-27-,37-34-,38-35-,43-41-,44-42-,61-36-,72-69-. The molecule has 18 heteroatoms. The van der Waals surface area contributed by atoms with Gasteiger partial charge in [-0.1, -0.05) is 417 Å². The van der Waals surface area contributed by atoms with Gasteiger partial charge in [-0.3, -0.25) is 32.5 Å². The molecular weight excluding hydrogens is 1580 g/mol. The highest BCUT2D eigenvalue weighted by Gasteiger charge is 2.30. The number of phosphoric ester groups is 2. The van der Waals surface area contributed by atoms with E-state index in [-0.39, 0.29) is 19.3 Å². The summed E-state index contributed by atoms with van der Waals surface area (Å²) in [5, 5.41) is 20.8. The number of esters is 3. The topological polar surface area (TPSA) is 231 Å². The highest BCUT2D eigenvalue weighted by molar-refractivity contribution is 7.47. The molecule has 5 unspecified atom stereocenters. The number of allylic oxidation sites excluding steroid dienone is 24. The third-order valence-corrected chi connectivity index (χ3v) is 23.4. The van der Waals surface area contributed by atoms with Crippen LogP contribution in [0.2, 0.25) is 0 Å². The summed E-state index contributed by atoms with van der Waals surface area (Å²) in [4.78, 5) is 59.1. The molecule has 0 aromatic heterocycles. The van der Waals surface area contributed by atoms with Crippen molar-refractivity contribution in [3.8, 4) is 0 Å². The number of carbonyl (C=O) groups is 3. The van der Waals surface area contributed by atoms with Gasteiger partial charge in [0.05, 0.1) is 26.4 Å². The van der Waals surface area contributed by atoms with E-state index in [0.29, 0.717) is 19.3 Å². The quantitative estimate of drug-likeness (QED) is 0.0146. The normalized spacial score (nSPS) is 14.3. The predicted octanol–water partition coefficient (Wildman–Crippen LogP) is 31.5. The number of rotatable bonds is 95. The van der Waals surface area contributed by atoms with E-state index >= 15 is 0 Å². The van der Waals surface area contributed by atoms with Crippen molar-refractivity contribution in [2.45, 2.75) is 463 Å².